The molecule has 0 saturated carbocycles. The number of nitrogens with one attached hydrogen (secondary N) is 1. The number of rotatable bonds is 3. The van der Waals surface area contributed by atoms with E-state index in [0.717, 1.165) is 5.12 Å². The lowest BCUT2D eigenvalue weighted by Crippen LogP contribution is -2.29. The third kappa shape index (κ3) is 4.68. The van der Waals surface area contributed by atoms with Crippen molar-refractivity contribution in [2.45, 2.75) is 4.17 Å². The van der Waals surface area contributed by atoms with Crippen LogP contribution in [0.15, 0.2) is 0 Å². The summed E-state index contributed by atoms with van der Waals surface area (Å²) in [5.74, 6) is 5.08. The van der Waals surface area contributed by atoms with Gasteiger partial charge in [0.2, 0.25) is 0 Å². The van der Waals surface area contributed by atoms with Crippen molar-refractivity contribution in [2.75, 3.05) is 7.05 Å². The lowest BCUT2D eigenvalue weighted by molar-refractivity contribution is 0.162. The molecule has 0 rings (SSSR count). The van der Waals surface area contributed by atoms with Gasteiger partial charge in [0.25, 0.3) is 0 Å². The molecule has 1 unspecified atom stereocenters. The van der Waals surface area contributed by atoms with Crippen LogP contribution in [0.3, 0.4) is 0 Å². The molecule has 0 aromatic carbocycles. The fraction of sp³-hybridized carbons (Fsp3) is 1.00. The van der Waals surface area contributed by atoms with Crippen molar-refractivity contribution in [3.63, 3.8) is 0 Å². The zero-order chi connectivity index (χ0) is 6.57. The number of alkyl halides is 1. The van der Waals surface area contributed by atoms with E-state index >= 15 is 0 Å². The molecule has 0 saturated heterocycles. The fourth-order valence-corrected chi connectivity index (χ4v) is 0.579. The summed E-state index contributed by atoms with van der Waals surface area (Å²) < 4.78 is -0.373. The monoisotopic (exact) mass is 231 g/mol. The largest absolute Gasteiger partial charge is 0.554 e. The molecule has 0 aromatic rings. The Bertz CT molecular complexity index is 60.0. The quantitative estimate of drug-likeness (QED) is 0.206. The van der Waals surface area contributed by atoms with Crippen LogP contribution in [0.5, 0.6) is 0 Å². The van der Waals surface area contributed by atoms with Crippen molar-refractivity contribution < 1.29 is 5.21 Å². The van der Waals surface area contributed by atoms with Crippen molar-refractivity contribution in [1.82, 2.24) is 10.6 Å². The van der Waals surface area contributed by atoms with Crippen LogP contribution >= 0.6 is 22.6 Å². The number of hydroxylamine groups is 1. The molecule has 0 aliphatic carbocycles. The third-order valence-electron chi connectivity index (χ3n) is 0.390. The van der Waals surface area contributed by atoms with Crippen LogP contribution in [0.4, 0.5) is 0 Å². The Morgan fingerprint density at radius 1 is 2.00 bits per heavy atom. The van der Waals surface area contributed by atoms with Crippen LogP contribution in [0.2, 0.25) is 0 Å². The first kappa shape index (κ1) is 8.53. The molecule has 0 spiro atoms. The van der Waals surface area contributed by atoms with Crippen LogP contribution in [-0.4, -0.2) is 21.5 Å². The average Bonchev–Trinajstić information content (AvgIpc) is 1.65. The van der Waals surface area contributed by atoms with Gasteiger partial charge in [0, 0.05) is 4.17 Å². The number of hydrogen-bond acceptors (Lipinski definition) is 4. The number of hydrogen-bond donors (Lipinski definition) is 3. The summed E-state index contributed by atoms with van der Waals surface area (Å²) in [5, 5.41) is 9.28. The van der Waals surface area contributed by atoms with Crippen LogP contribution in [-0.2, 0) is 0 Å². The summed E-state index contributed by atoms with van der Waals surface area (Å²) in [6.45, 7) is 0. The normalized spacial score (nSPS) is 14.6. The van der Waals surface area contributed by atoms with Gasteiger partial charge in [0.05, 0.1) is 0 Å². The fourth-order valence-electron chi connectivity index (χ4n) is 0.186. The first-order valence-electron chi connectivity index (χ1n) is 1.89. The Kier molecular flexibility index (Phi) is 4.71. The van der Waals surface area contributed by atoms with Crippen LogP contribution < -0.4 is 11.3 Å². The highest BCUT2D eigenvalue weighted by Gasteiger charge is 1.83. The lowest BCUT2D eigenvalue weighted by atomic mass is 11.2. The number of nitrogens with zero attached hydrogens (tertiary/aromatic N) is 2. The highest BCUT2D eigenvalue weighted by Crippen LogP contribution is 2.03. The molecule has 0 aliphatic rings. The Morgan fingerprint density at radius 3 is 2.62 bits per heavy atom. The van der Waals surface area contributed by atoms with Gasteiger partial charge in [-0.2, -0.15) is 0 Å². The molecule has 0 radical (unpaired) electrons. The van der Waals surface area contributed by atoms with E-state index in [0.29, 0.717) is 0 Å². The predicted octanol–water partition coefficient (Wildman–Crippen LogP) is -0.222. The molecule has 0 heterocycles. The van der Waals surface area contributed by atoms with E-state index in [-0.39, 0.29) is 4.17 Å². The highest BCUT2D eigenvalue weighted by atomic mass is 127. The molecule has 1 atom stereocenters. The topological polar surface area (TPSA) is 75.6 Å². The van der Waals surface area contributed by atoms with Gasteiger partial charge in [-0.3, -0.25) is 5.84 Å². The zero-order valence-electron chi connectivity index (χ0n) is 4.37. The summed E-state index contributed by atoms with van der Waals surface area (Å²) in [7, 11) is 1.57. The average molecular weight is 231 g/mol. The Labute approximate surface area is 61.3 Å². The molecule has 6 heteroatoms. The second-order valence-electron chi connectivity index (χ2n) is 1.15. The molecule has 4 N–H and O–H groups in total. The molecule has 5 nitrogen and oxygen atoms in total. The standard InChI is InChI=1S/C2H8IN4O/c1-7(4)5-2(3)6-8/h2,6,8H,4H2,1H3/q-1. The molecule has 0 amide bonds. The van der Waals surface area contributed by atoms with Gasteiger partial charge < -0.3 is 15.8 Å². The van der Waals surface area contributed by atoms with E-state index in [1.165, 1.54) is 0 Å². The van der Waals surface area contributed by atoms with E-state index in [9.17, 15) is 0 Å². The summed E-state index contributed by atoms with van der Waals surface area (Å²) in [5.41, 5.74) is 5.53. The van der Waals surface area contributed by atoms with Crippen LogP contribution in [0.1, 0.15) is 0 Å². The predicted molar refractivity (Wildman–Crippen MR) is 38.0 cm³/mol. The molecular formula is C2H8IN4O-. The van der Waals surface area contributed by atoms with E-state index in [1.54, 1.807) is 7.05 Å². The van der Waals surface area contributed by atoms with Crippen molar-refractivity contribution in [3.05, 3.63) is 5.43 Å². The summed E-state index contributed by atoms with van der Waals surface area (Å²) in [4.78, 5) is 0. The number of nitrogens with two attached hydrogens (primary N) is 1. The van der Waals surface area contributed by atoms with E-state index in [4.69, 9.17) is 11.0 Å². The Morgan fingerprint density at radius 2 is 2.50 bits per heavy atom. The second kappa shape index (κ2) is 4.41. The highest BCUT2D eigenvalue weighted by molar-refractivity contribution is 14.1. The van der Waals surface area contributed by atoms with Crippen LogP contribution in [0, 0.1) is 0 Å². The molecule has 0 bridgehead atoms. The van der Waals surface area contributed by atoms with Crippen molar-refractivity contribution in [2.24, 2.45) is 5.84 Å². The number of halogens is 1. The first-order chi connectivity index (χ1) is 3.66. The van der Waals surface area contributed by atoms with Crippen molar-refractivity contribution in [3.8, 4) is 0 Å². The van der Waals surface area contributed by atoms with Crippen LogP contribution in [0.25, 0.3) is 5.43 Å². The van der Waals surface area contributed by atoms with Gasteiger partial charge >= 0.3 is 0 Å². The SMILES string of the molecule is CN(N)[N-]C(I)NO. The summed E-state index contributed by atoms with van der Waals surface area (Å²) >= 11 is 1.87. The first-order valence-corrected chi connectivity index (χ1v) is 3.14. The maximum absolute atomic E-state index is 8.15. The molecule has 50 valence electrons. The second-order valence-corrected chi connectivity index (χ2v) is 2.33. The summed E-state index contributed by atoms with van der Waals surface area (Å²) in [6.07, 6.45) is 0. The minimum atomic E-state index is -0.373. The molecule has 8 heavy (non-hydrogen) atoms. The zero-order valence-corrected chi connectivity index (χ0v) is 6.53. The van der Waals surface area contributed by atoms with E-state index in [2.05, 4.69) is 5.43 Å². The smallest absolute Gasteiger partial charge is 0.00674 e. The van der Waals surface area contributed by atoms with E-state index < -0.39 is 0 Å². The van der Waals surface area contributed by atoms with Gasteiger partial charge in [-0.25, -0.2) is 5.48 Å². The lowest BCUT2D eigenvalue weighted by Gasteiger charge is -2.31. The van der Waals surface area contributed by atoms with E-state index in [1.807, 2.05) is 28.1 Å². The van der Waals surface area contributed by atoms with Gasteiger partial charge in [-0.1, -0.05) is 22.6 Å². The Hall–Kier alpha value is 0.530. The molecule has 0 aromatic heterocycles. The molecule has 0 aliphatic heterocycles. The van der Waals surface area contributed by atoms with Gasteiger partial charge in [-0.05, 0) is 7.05 Å². The Balaban J connectivity index is 3.10. The van der Waals surface area contributed by atoms with Gasteiger partial charge in [0.1, 0.15) is 0 Å². The maximum Gasteiger partial charge on any atom is 0.00674 e. The van der Waals surface area contributed by atoms with Crippen molar-refractivity contribution >= 4 is 22.6 Å². The van der Waals surface area contributed by atoms with Gasteiger partial charge in [-0.15, -0.1) is 0 Å². The molecular weight excluding hydrogens is 223 g/mol. The minimum absolute atomic E-state index is 0.373. The van der Waals surface area contributed by atoms with Crippen molar-refractivity contribution in [1.29, 1.82) is 0 Å². The third-order valence-corrected chi connectivity index (χ3v) is 0.918. The minimum Gasteiger partial charge on any atom is -0.554 e. The summed E-state index contributed by atoms with van der Waals surface area (Å²) in [6, 6.07) is 0. The van der Waals surface area contributed by atoms with Gasteiger partial charge in [0.15, 0.2) is 0 Å². The number of hydrazine groups is 1. The maximum atomic E-state index is 8.15. The molecule has 0 fully saturated rings.